The third-order valence-corrected chi connectivity index (χ3v) is 3.34. The van der Waals surface area contributed by atoms with Crippen molar-refractivity contribution in [3.63, 3.8) is 0 Å². The van der Waals surface area contributed by atoms with Gasteiger partial charge >= 0.3 is 0 Å². The summed E-state index contributed by atoms with van der Waals surface area (Å²) in [5.41, 5.74) is 0. The molecule has 1 aliphatic carbocycles. The fourth-order valence-electron chi connectivity index (χ4n) is 1.13. The minimum Gasteiger partial charge on any atom is -0.392 e. The molecule has 0 radical (unpaired) electrons. The average molecular weight is 179 g/mol. The van der Waals surface area contributed by atoms with Crippen molar-refractivity contribution in [2.24, 2.45) is 5.92 Å². The molecule has 0 aromatic rings. The van der Waals surface area contributed by atoms with Crippen molar-refractivity contribution in [1.82, 2.24) is 0 Å². The van der Waals surface area contributed by atoms with Crippen LogP contribution in [0.1, 0.15) is 19.8 Å². The van der Waals surface area contributed by atoms with Gasteiger partial charge in [0, 0.05) is 4.83 Å². The van der Waals surface area contributed by atoms with Crippen molar-refractivity contribution in [2.45, 2.75) is 30.7 Å². The summed E-state index contributed by atoms with van der Waals surface area (Å²) in [4.78, 5) is 0.350. The summed E-state index contributed by atoms with van der Waals surface area (Å²) in [6, 6.07) is 0. The molecule has 0 heterocycles. The molecule has 48 valence electrons. The lowest BCUT2D eigenvalue weighted by molar-refractivity contribution is 0.186. The van der Waals surface area contributed by atoms with Gasteiger partial charge in [-0.15, -0.1) is 0 Å². The number of halogens is 1. The maximum atomic E-state index is 9.12. The molecule has 0 saturated heterocycles. The molecule has 2 heteroatoms. The van der Waals surface area contributed by atoms with Gasteiger partial charge in [0.1, 0.15) is 0 Å². The first kappa shape index (κ1) is 6.56. The standard InChI is InChI=1S/C6H11BrO/c1-4-2-3-5(8)6(4)7/h4-6,8H,2-3H2,1H3/t4-,5-,6-/m1/s1. The summed E-state index contributed by atoms with van der Waals surface area (Å²) in [7, 11) is 0. The molecule has 0 unspecified atom stereocenters. The molecule has 1 saturated carbocycles. The van der Waals surface area contributed by atoms with E-state index < -0.39 is 0 Å². The highest BCUT2D eigenvalue weighted by Crippen LogP contribution is 2.30. The van der Waals surface area contributed by atoms with E-state index in [1.54, 1.807) is 0 Å². The van der Waals surface area contributed by atoms with Crippen molar-refractivity contribution >= 4 is 15.9 Å². The van der Waals surface area contributed by atoms with E-state index in [-0.39, 0.29) is 6.10 Å². The summed E-state index contributed by atoms with van der Waals surface area (Å²) in [6.07, 6.45) is 2.04. The van der Waals surface area contributed by atoms with Crippen molar-refractivity contribution in [1.29, 1.82) is 0 Å². The quantitative estimate of drug-likeness (QED) is 0.559. The number of aliphatic hydroxyl groups excluding tert-OH is 1. The fourth-order valence-corrected chi connectivity index (χ4v) is 1.66. The molecule has 0 aromatic carbocycles. The van der Waals surface area contributed by atoms with E-state index in [0.717, 1.165) is 12.8 Å². The van der Waals surface area contributed by atoms with Crippen LogP contribution in [0, 0.1) is 5.92 Å². The lowest BCUT2D eigenvalue weighted by Crippen LogP contribution is -2.16. The third-order valence-electron chi connectivity index (χ3n) is 1.83. The molecular weight excluding hydrogens is 168 g/mol. The summed E-state index contributed by atoms with van der Waals surface area (Å²) in [5, 5.41) is 9.12. The summed E-state index contributed by atoms with van der Waals surface area (Å²) in [5.74, 6) is 0.657. The van der Waals surface area contributed by atoms with Crippen LogP contribution in [0.2, 0.25) is 0 Å². The first-order valence-corrected chi connectivity index (χ1v) is 3.95. The second kappa shape index (κ2) is 2.36. The minimum absolute atomic E-state index is 0.0926. The Labute approximate surface area is 58.2 Å². The zero-order chi connectivity index (χ0) is 6.15. The molecule has 0 aromatic heterocycles. The molecule has 1 nitrogen and oxygen atoms in total. The Bertz CT molecular complexity index is 74.6. The van der Waals surface area contributed by atoms with E-state index in [1.807, 2.05) is 0 Å². The number of alkyl halides is 1. The van der Waals surface area contributed by atoms with Gasteiger partial charge in [0.2, 0.25) is 0 Å². The normalized spacial score (nSPS) is 47.6. The topological polar surface area (TPSA) is 20.2 Å². The van der Waals surface area contributed by atoms with Crippen LogP contribution in [0.3, 0.4) is 0 Å². The van der Waals surface area contributed by atoms with Gasteiger partial charge in [-0.1, -0.05) is 22.9 Å². The molecule has 8 heavy (non-hydrogen) atoms. The van der Waals surface area contributed by atoms with Crippen molar-refractivity contribution in [3.8, 4) is 0 Å². The van der Waals surface area contributed by atoms with Crippen LogP contribution in [-0.2, 0) is 0 Å². The maximum Gasteiger partial charge on any atom is 0.0667 e. The first-order valence-electron chi connectivity index (χ1n) is 3.04. The van der Waals surface area contributed by atoms with Crippen LogP contribution in [0.25, 0.3) is 0 Å². The zero-order valence-corrected chi connectivity index (χ0v) is 6.56. The van der Waals surface area contributed by atoms with Crippen LogP contribution in [0.5, 0.6) is 0 Å². The Balaban J connectivity index is 2.44. The van der Waals surface area contributed by atoms with E-state index in [4.69, 9.17) is 5.11 Å². The average Bonchev–Trinajstić information content (AvgIpc) is 1.98. The van der Waals surface area contributed by atoms with Crippen LogP contribution in [0.15, 0.2) is 0 Å². The highest BCUT2D eigenvalue weighted by atomic mass is 79.9. The van der Waals surface area contributed by atoms with E-state index in [2.05, 4.69) is 22.9 Å². The van der Waals surface area contributed by atoms with Gasteiger partial charge in [0.05, 0.1) is 6.10 Å². The Hall–Kier alpha value is 0.440. The highest BCUT2D eigenvalue weighted by Gasteiger charge is 2.28. The summed E-state index contributed by atoms with van der Waals surface area (Å²) < 4.78 is 0. The molecule has 3 atom stereocenters. The molecule has 1 aliphatic rings. The van der Waals surface area contributed by atoms with Gasteiger partial charge in [-0.05, 0) is 18.8 Å². The predicted octanol–water partition coefficient (Wildman–Crippen LogP) is 1.54. The number of hydrogen-bond acceptors (Lipinski definition) is 1. The Morgan fingerprint density at radius 3 is 2.25 bits per heavy atom. The Morgan fingerprint density at radius 1 is 1.50 bits per heavy atom. The van der Waals surface area contributed by atoms with Gasteiger partial charge in [0.15, 0.2) is 0 Å². The van der Waals surface area contributed by atoms with Crippen molar-refractivity contribution < 1.29 is 5.11 Å². The molecule has 1 rings (SSSR count). The van der Waals surface area contributed by atoms with Crippen LogP contribution in [0.4, 0.5) is 0 Å². The molecular formula is C6H11BrO. The van der Waals surface area contributed by atoms with E-state index in [9.17, 15) is 0 Å². The summed E-state index contributed by atoms with van der Waals surface area (Å²) >= 11 is 3.42. The van der Waals surface area contributed by atoms with E-state index in [0.29, 0.717) is 10.7 Å². The number of hydrogen-bond donors (Lipinski definition) is 1. The monoisotopic (exact) mass is 178 g/mol. The maximum absolute atomic E-state index is 9.12. The van der Waals surface area contributed by atoms with Crippen molar-refractivity contribution in [3.05, 3.63) is 0 Å². The first-order chi connectivity index (χ1) is 3.72. The van der Waals surface area contributed by atoms with Gasteiger partial charge in [-0.25, -0.2) is 0 Å². The Morgan fingerprint density at radius 2 is 2.12 bits per heavy atom. The third kappa shape index (κ3) is 1.06. The predicted molar refractivity (Wildman–Crippen MR) is 37.1 cm³/mol. The van der Waals surface area contributed by atoms with Gasteiger partial charge in [-0.3, -0.25) is 0 Å². The van der Waals surface area contributed by atoms with Crippen molar-refractivity contribution in [2.75, 3.05) is 0 Å². The molecule has 0 bridgehead atoms. The SMILES string of the molecule is C[C@@H]1CC[C@@H](O)[C@@H]1Br. The number of aliphatic hydroxyl groups is 1. The van der Waals surface area contributed by atoms with E-state index in [1.165, 1.54) is 0 Å². The van der Waals surface area contributed by atoms with Crippen LogP contribution in [-0.4, -0.2) is 16.0 Å². The Kier molecular flexibility index (Phi) is 1.93. The molecule has 1 fully saturated rings. The highest BCUT2D eigenvalue weighted by molar-refractivity contribution is 9.09. The molecule has 1 N–H and O–H groups in total. The second-order valence-electron chi connectivity index (χ2n) is 2.57. The molecule has 0 amide bonds. The van der Waals surface area contributed by atoms with Gasteiger partial charge in [0.25, 0.3) is 0 Å². The number of rotatable bonds is 0. The van der Waals surface area contributed by atoms with Gasteiger partial charge in [-0.2, -0.15) is 0 Å². The van der Waals surface area contributed by atoms with Crippen LogP contribution < -0.4 is 0 Å². The van der Waals surface area contributed by atoms with E-state index >= 15 is 0 Å². The second-order valence-corrected chi connectivity index (χ2v) is 3.62. The van der Waals surface area contributed by atoms with Gasteiger partial charge < -0.3 is 5.11 Å². The zero-order valence-electron chi connectivity index (χ0n) is 4.97. The summed E-state index contributed by atoms with van der Waals surface area (Å²) in [6.45, 7) is 2.16. The lowest BCUT2D eigenvalue weighted by atomic mass is 10.1. The van der Waals surface area contributed by atoms with Crippen LogP contribution >= 0.6 is 15.9 Å². The largest absolute Gasteiger partial charge is 0.392 e. The lowest BCUT2D eigenvalue weighted by Gasteiger charge is -2.08. The fraction of sp³-hybridized carbons (Fsp3) is 1.00. The molecule has 0 spiro atoms. The molecule has 0 aliphatic heterocycles. The smallest absolute Gasteiger partial charge is 0.0667 e. The minimum atomic E-state index is -0.0926.